The van der Waals surface area contributed by atoms with Crippen molar-refractivity contribution in [2.75, 3.05) is 6.61 Å². The van der Waals surface area contributed by atoms with Crippen LogP contribution in [-0.2, 0) is 20.9 Å². The van der Waals surface area contributed by atoms with E-state index in [0.717, 1.165) is 24.4 Å². The van der Waals surface area contributed by atoms with Gasteiger partial charge in [-0.25, -0.2) is 4.79 Å². The summed E-state index contributed by atoms with van der Waals surface area (Å²) in [6, 6.07) is 1.21. The number of amides is 1. The van der Waals surface area contributed by atoms with E-state index in [2.05, 4.69) is 16.8 Å². The van der Waals surface area contributed by atoms with Crippen LogP contribution in [0.15, 0.2) is 6.07 Å². The molecule has 1 aliphatic heterocycles. The quantitative estimate of drug-likeness (QED) is 0.638. The van der Waals surface area contributed by atoms with Gasteiger partial charge in [0.2, 0.25) is 11.7 Å². The number of Topliss-reactive ketones (excluding diaryl/α,β-unsaturated/α-hetero) is 1. The van der Waals surface area contributed by atoms with Crippen LogP contribution < -0.4 is 5.32 Å². The molecule has 1 fully saturated rings. The molecule has 1 atom stereocenters. The van der Waals surface area contributed by atoms with Crippen molar-refractivity contribution in [2.45, 2.75) is 52.6 Å². The molecule has 0 radical (unpaired) electrons. The van der Waals surface area contributed by atoms with E-state index < -0.39 is 12.0 Å². The number of rotatable bonds is 6. The Bertz CT molecular complexity index is 604. The summed E-state index contributed by atoms with van der Waals surface area (Å²) in [5.41, 5.74) is 2.51. The molecule has 0 unspecified atom stereocenters. The van der Waals surface area contributed by atoms with Gasteiger partial charge < -0.3 is 14.6 Å². The van der Waals surface area contributed by atoms with Crippen molar-refractivity contribution in [3.63, 3.8) is 0 Å². The van der Waals surface area contributed by atoms with Crippen molar-refractivity contribution >= 4 is 17.7 Å². The third-order valence-corrected chi connectivity index (χ3v) is 3.95. The summed E-state index contributed by atoms with van der Waals surface area (Å²) in [6.45, 7) is 6.51. The standard InChI is InChI=1S/C16H22N2O4/c1-4-7-18-10(2)8-12(11(18)3)14(19)9-22-16(21)13-5-6-15(20)17-13/h8,13H,4-7,9H2,1-3H3,(H,17,20)/t13-/m0/s1. The number of hydrogen-bond donors (Lipinski definition) is 1. The molecule has 1 saturated heterocycles. The van der Waals surface area contributed by atoms with Crippen LogP contribution in [-0.4, -0.2) is 34.9 Å². The van der Waals surface area contributed by atoms with Crippen molar-refractivity contribution in [2.24, 2.45) is 0 Å². The van der Waals surface area contributed by atoms with Crippen LogP contribution in [0.5, 0.6) is 0 Å². The van der Waals surface area contributed by atoms with E-state index in [1.54, 1.807) is 0 Å². The number of carbonyl (C=O) groups excluding carboxylic acids is 3. The number of esters is 1. The molecule has 0 saturated carbocycles. The number of ketones is 1. The van der Waals surface area contributed by atoms with Gasteiger partial charge in [-0.15, -0.1) is 0 Å². The first kappa shape index (κ1) is 16.3. The molecule has 120 valence electrons. The molecule has 0 aromatic carbocycles. The number of nitrogens with one attached hydrogen (secondary N) is 1. The van der Waals surface area contributed by atoms with Crippen LogP contribution in [0, 0.1) is 13.8 Å². The largest absolute Gasteiger partial charge is 0.456 e. The molecule has 1 aliphatic rings. The SMILES string of the molecule is CCCn1c(C)cc(C(=O)COC(=O)[C@@H]2CCC(=O)N2)c1C. The minimum Gasteiger partial charge on any atom is -0.456 e. The smallest absolute Gasteiger partial charge is 0.329 e. The van der Waals surface area contributed by atoms with E-state index in [-0.39, 0.29) is 18.3 Å². The molecule has 6 heteroatoms. The van der Waals surface area contributed by atoms with Gasteiger partial charge in [-0.3, -0.25) is 9.59 Å². The van der Waals surface area contributed by atoms with Crippen LogP contribution in [0.1, 0.15) is 47.9 Å². The molecular weight excluding hydrogens is 284 g/mol. The molecular formula is C16H22N2O4. The topological polar surface area (TPSA) is 77.4 Å². The molecule has 2 heterocycles. The Morgan fingerprint density at radius 3 is 2.73 bits per heavy atom. The van der Waals surface area contributed by atoms with Crippen LogP contribution in [0.2, 0.25) is 0 Å². The second-order valence-electron chi connectivity index (χ2n) is 5.63. The molecule has 0 bridgehead atoms. The fraction of sp³-hybridized carbons (Fsp3) is 0.562. The lowest BCUT2D eigenvalue weighted by Crippen LogP contribution is -2.35. The zero-order valence-corrected chi connectivity index (χ0v) is 13.3. The van der Waals surface area contributed by atoms with Gasteiger partial charge in [-0.1, -0.05) is 6.92 Å². The predicted molar refractivity (Wildman–Crippen MR) is 80.7 cm³/mol. The van der Waals surface area contributed by atoms with E-state index >= 15 is 0 Å². The zero-order chi connectivity index (χ0) is 16.3. The first-order valence-corrected chi connectivity index (χ1v) is 7.60. The van der Waals surface area contributed by atoms with Crippen LogP contribution in [0.3, 0.4) is 0 Å². The Morgan fingerprint density at radius 2 is 2.14 bits per heavy atom. The maximum Gasteiger partial charge on any atom is 0.329 e. The monoisotopic (exact) mass is 306 g/mol. The van der Waals surface area contributed by atoms with Gasteiger partial charge in [0.1, 0.15) is 6.04 Å². The first-order chi connectivity index (χ1) is 10.4. The molecule has 1 aromatic heterocycles. The van der Waals surface area contributed by atoms with Gasteiger partial charge in [-0.05, 0) is 32.8 Å². The van der Waals surface area contributed by atoms with Gasteiger partial charge in [-0.2, -0.15) is 0 Å². The molecule has 0 spiro atoms. The fourth-order valence-corrected chi connectivity index (χ4v) is 2.76. The predicted octanol–water partition coefficient (Wildman–Crippen LogP) is 1.52. The Balaban J connectivity index is 1.96. The Labute approximate surface area is 129 Å². The number of nitrogens with zero attached hydrogens (tertiary/aromatic N) is 1. The number of aryl methyl sites for hydroxylation is 1. The number of carbonyl (C=O) groups is 3. The number of hydrogen-bond acceptors (Lipinski definition) is 4. The summed E-state index contributed by atoms with van der Waals surface area (Å²) in [6.07, 6.45) is 1.74. The maximum absolute atomic E-state index is 12.2. The van der Waals surface area contributed by atoms with Crippen LogP contribution in [0.4, 0.5) is 0 Å². The second-order valence-corrected chi connectivity index (χ2v) is 5.63. The summed E-state index contributed by atoms with van der Waals surface area (Å²) in [7, 11) is 0. The summed E-state index contributed by atoms with van der Waals surface area (Å²) >= 11 is 0. The van der Waals surface area contributed by atoms with Crippen molar-refractivity contribution < 1.29 is 19.1 Å². The van der Waals surface area contributed by atoms with Gasteiger partial charge in [0, 0.05) is 29.9 Å². The highest BCUT2D eigenvalue weighted by Gasteiger charge is 2.29. The third kappa shape index (κ3) is 3.37. The lowest BCUT2D eigenvalue weighted by atomic mass is 10.1. The summed E-state index contributed by atoms with van der Waals surface area (Å²) in [4.78, 5) is 35.1. The van der Waals surface area contributed by atoms with E-state index in [1.165, 1.54) is 0 Å². The lowest BCUT2D eigenvalue weighted by Gasteiger charge is -2.10. The maximum atomic E-state index is 12.2. The molecule has 1 aromatic rings. The normalized spacial score (nSPS) is 17.4. The van der Waals surface area contributed by atoms with Gasteiger partial charge in [0.05, 0.1) is 0 Å². The van der Waals surface area contributed by atoms with Crippen molar-refractivity contribution in [1.82, 2.24) is 9.88 Å². The first-order valence-electron chi connectivity index (χ1n) is 7.60. The Hall–Kier alpha value is -2.11. The molecule has 0 aliphatic carbocycles. The molecule has 2 rings (SSSR count). The van der Waals surface area contributed by atoms with Gasteiger partial charge in [0.15, 0.2) is 6.61 Å². The van der Waals surface area contributed by atoms with E-state index in [4.69, 9.17) is 4.74 Å². The third-order valence-electron chi connectivity index (χ3n) is 3.95. The highest BCUT2D eigenvalue weighted by Crippen LogP contribution is 2.17. The second kappa shape index (κ2) is 6.77. The van der Waals surface area contributed by atoms with Crippen molar-refractivity contribution in [1.29, 1.82) is 0 Å². The molecule has 1 N–H and O–H groups in total. The average molecular weight is 306 g/mol. The van der Waals surface area contributed by atoms with E-state index in [1.807, 2.05) is 19.9 Å². The highest BCUT2D eigenvalue weighted by molar-refractivity contribution is 5.99. The molecule has 6 nitrogen and oxygen atoms in total. The fourth-order valence-electron chi connectivity index (χ4n) is 2.76. The van der Waals surface area contributed by atoms with Gasteiger partial charge >= 0.3 is 5.97 Å². The van der Waals surface area contributed by atoms with Crippen molar-refractivity contribution in [3.8, 4) is 0 Å². The van der Waals surface area contributed by atoms with E-state index in [9.17, 15) is 14.4 Å². The van der Waals surface area contributed by atoms with E-state index in [0.29, 0.717) is 18.4 Å². The van der Waals surface area contributed by atoms with Crippen molar-refractivity contribution in [3.05, 3.63) is 23.0 Å². The molecule has 1 amide bonds. The average Bonchev–Trinajstić information content (AvgIpc) is 3.03. The highest BCUT2D eigenvalue weighted by atomic mass is 16.5. The number of aromatic nitrogens is 1. The van der Waals surface area contributed by atoms with Crippen LogP contribution in [0.25, 0.3) is 0 Å². The minimum absolute atomic E-state index is 0.156. The number of ether oxygens (including phenoxy) is 1. The Morgan fingerprint density at radius 1 is 1.41 bits per heavy atom. The lowest BCUT2D eigenvalue weighted by molar-refractivity contribution is -0.145. The minimum atomic E-state index is -0.618. The zero-order valence-electron chi connectivity index (χ0n) is 13.3. The van der Waals surface area contributed by atoms with Crippen LogP contribution >= 0.6 is 0 Å². The Kier molecular flexibility index (Phi) is 5.00. The summed E-state index contributed by atoms with van der Waals surface area (Å²) < 4.78 is 7.13. The summed E-state index contributed by atoms with van der Waals surface area (Å²) in [5, 5.41) is 2.53. The summed E-state index contributed by atoms with van der Waals surface area (Å²) in [5.74, 6) is -0.911. The van der Waals surface area contributed by atoms with Gasteiger partial charge in [0.25, 0.3) is 0 Å². The molecule has 22 heavy (non-hydrogen) atoms.